The predicted octanol–water partition coefficient (Wildman–Crippen LogP) is 0.855. The number of hydrogen-bond donors (Lipinski definition) is 1. The molecule has 4 heteroatoms. The van der Waals surface area contributed by atoms with Crippen molar-refractivity contribution >= 4 is 5.94 Å². The minimum absolute atomic E-state index is 0.203. The molecule has 14 heavy (non-hydrogen) atoms. The first-order chi connectivity index (χ1) is 6.44. The van der Waals surface area contributed by atoms with Gasteiger partial charge < -0.3 is 9.75 Å². The Morgan fingerprint density at radius 1 is 1.57 bits per heavy atom. The van der Waals surface area contributed by atoms with E-state index in [-0.39, 0.29) is 11.7 Å². The Hall–Kier alpha value is -0.830. The molecule has 0 radical (unpaired) electrons. The lowest BCUT2D eigenvalue weighted by molar-refractivity contribution is -0.0645. The van der Waals surface area contributed by atoms with Gasteiger partial charge in [0.25, 0.3) is 0 Å². The SMILES string of the molecule is CC(C)(C)O[C@@H]1CCCN(N)C1=C=O. The molecule has 1 fully saturated rings. The van der Waals surface area contributed by atoms with Gasteiger partial charge in [0, 0.05) is 6.54 Å². The van der Waals surface area contributed by atoms with Crippen LogP contribution in [0.25, 0.3) is 0 Å². The number of carbonyl (C=O) groups excluding carboxylic acids is 1. The molecule has 0 aromatic heterocycles. The summed E-state index contributed by atoms with van der Waals surface area (Å²) in [6.45, 7) is 6.59. The Bertz CT molecular complexity index is 251. The van der Waals surface area contributed by atoms with Gasteiger partial charge >= 0.3 is 0 Å². The van der Waals surface area contributed by atoms with Gasteiger partial charge in [-0.1, -0.05) is 0 Å². The average molecular weight is 198 g/mol. The molecule has 1 atom stereocenters. The molecule has 0 spiro atoms. The molecule has 1 aliphatic rings. The van der Waals surface area contributed by atoms with E-state index in [1.54, 1.807) is 0 Å². The highest BCUT2D eigenvalue weighted by molar-refractivity contribution is 5.53. The van der Waals surface area contributed by atoms with E-state index in [1.165, 1.54) is 5.01 Å². The van der Waals surface area contributed by atoms with Crippen molar-refractivity contribution in [3.63, 3.8) is 0 Å². The Morgan fingerprint density at radius 3 is 2.71 bits per heavy atom. The Morgan fingerprint density at radius 2 is 2.21 bits per heavy atom. The number of hydrogen-bond acceptors (Lipinski definition) is 4. The number of hydrazine groups is 1. The van der Waals surface area contributed by atoms with Crippen LogP contribution >= 0.6 is 0 Å². The zero-order valence-corrected chi connectivity index (χ0v) is 9.04. The molecule has 0 aliphatic carbocycles. The van der Waals surface area contributed by atoms with Crippen LogP contribution in [0.4, 0.5) is 0 Å². The van der Waals surface area contributed by atoms with Crippen molar-refractivity contribution in [3.05, 3.63) is 5.70 Å². The van der Waals surface area contributed by atoms with Gasteiger partial charge in [0.2, 0.25) is 0 Å². The monoisotopic (exact) mass is 198 g/mol. The van der Waals surface area contributed by atoms with Crippen molar-refractivity contribution in [2.45, 2.75) is 45.3 Å². The molecule has 1 saturated heterocycles. The second-order valence-corrected chi connectivity index (χ2v) is 4.54. The van der Waals surface area contributed by atoms with Crippen molar-refractivity contribution < 1.29 is 9.53 Å². The Balaban J connectivity index is 2.72. The third-order valence-electron chi connectivity index (χ3n) is 2.08. The predicted molar refractivity (Wildman–Crippen MR) is 54.0 cm³/mol. The van der Waals surface area contributed by atoms with Gasteiger partial charge in [0.15, 0.2) is 0 Å². The van der Waals surface area contributed by atoms with Crippen molar-refractivity contribution in [2.24, 2.45) is 5.84 Å². The van der Waals surface area contributed by atoms with Crippen LogP contribution in [0.1, 0.15) is 33.6 Å². The number of nitrogens with two attached hydrogens (primary N) is 1. The van der Waals surface area contributed by atoms with Crippen LogP contribution in [0.15, 0.2) is 5.70 Å². The van der Waals surface area contributed by atoms with Gasteiger partial charge in [0.1, 0.15) is 17.7 Å². The van der Waals surface area contributed by atoms with Gasteiger partial charge in [0.05, 0.1) is 5.60 Å². The summed E-state index contributed by atoms with van der Waals surface area (Å²) < 4.78 is 5.73. The summed E-state index contributed by atoms with van der Waals surface area (Å²) in [6, 6.07) is 0. The van der Waals surface area contributed by atoms with Gasteiger partial charge in [-0.2, -0.15) is 0 Å². The van der Waals surface area contributed by atoms with E-state index in [9.17, 15) is 4.79 Å². The average Bonchev–Trinajstić information content (AvgIpc) is 2.01. The third kappa shape index (κ3) is 2.84. The van der Waals surface area contributed by atoms with Crippen molar-refractivity contribution in [2.75, 3.05) is 6.54 Å². The standard InChI is InChI=1S/C10H18N2O2/c1-10(2,3)14-9-5-4-6-12(11)8(9)7-13/h9H,4-6,11H2,1-3H3/t9-/m1/s1. The number of ether oxygens (including phenoxy) is 1. The van der Waals surface area contributed by atoms with E-state index in [0.717, 1.165) is 12.8 Å². The van der Waals surface area contributed by atoms with E-state index in [4.69, 9.17) is 10.6 Å². The summed E-state index contributed by atoms with van der Waals surface area (Å²) in [4.78, 5) is 10.7. The maximum absolute atomic E-state index is 10.7. The zero-order valence-electron chi connectivity index (χ0n) is 9.04. The first-order valence-electron chi connectivity index (χ1n) is 4.89. The zero-order chi connectivity index (χ0) is 10.8. The first kappa shape index (κ1) is 11.2. The highest BCUT2D eigenvalue weighted by atomic mass is 16.5. The van der Waals surface area contributed by atoms with E-state index in [1.807, 2.05) is 26.7 Å². The molecule has 0 saturated carbocycles. The summed E-state index contributed by atoms with van der Waals surface area (Å²) in [5.41, 5.74) is 0.177. The maximum atomic E-state index is 10.7. The smallest absolute Gasteiger partial charge is 0.150 e. The van der Waals surface area contributed by atoms with Crippen LogP contribution in [0.2, 0.25) is 0 Å². The lowest BCUT2D eigenvalue weighted by Crippen LogP contribution is -2.44. The van der Waals surface area contributed by atoms with Crippen molar-refractivity contribution in [1.82, 2.24) is 5.01 Å². The molecule has 0 aromatic rings. The van der Waals surface area contributed by atoms with Crippen LogP contribution < -0.4 is 5.84 Å². The third-order valence-corrected chi connectivity index (χ3v) is 2.08. The fourth-order valence-electron chi connectivity index (χ4n) is 1.56. The summed E-state index contributed by atoms with van der Waals surface area (Å²) in [7, 11) is 0. The molecule has 1 rings (SSSR count). The van der Waals surface area contributed by atoms with Crippen molar-refractivity contribution in [1.29, 1.82) is 0 Å². The number of nitrogens with zero attached hydrogens (tertiary/aromatic N) is 1. The molecular formula is C10H18N2O2. The van der Waals surface area contributed by atoms with Gasteiger partial charge in [-0.05, 0) is 33.6 Å². The quantitative estimate of drug-likeness (QED) is 0.501. The van der Waals surface area contributed by atoms with Crippen LogP contribution in [0.5, 0.6) is 0 Å². The molecule has 0 amide bonds. The molecule has 80 valence electrons. The van der Waals surface area contributed by atoms with Crippen molar-refractivity contribution in [3.8, 4) is 0 Å². The number of piperidine rings is 1. The molecule has 0 unspecified atom stereocenters. The van der Waals surface area contributed by atoms with Gasteiger partial charge in [-0.3, -0.25) is 0 Å². The molecule has 1 heterocycles. The number of rotatable bonds is 1. The summed E-state index contributed by atoms with van der Waals surface area (Å²) in [5, 5.41) is 1.44. The van der Waals surface area contributed by atoms with Gasteiger partial charge in [-0.25, -0.2) is 10.6 Å². The largest absolute Gasteiger partial charge is 0.366 e. The second-order valence-electron chi connectivity index (χ2n) is 4.54. The fraction of sp³-hybridized carbons (Fsp3) is 0.800. The van der Waals surface area contributed by atoms with Crippen LogP contribution in [0, 0.1) is 0 Å². The fourth-order valence-corrected chi connectivity index (χ4v) is 1.56. The Labute approximate surface area is 84.7 Å². The highest BCUT2D eigenvalue weighted by Crippen LogP contribution is 2.23. The summed E-state index contributed by atoms with van der Waals surface area (Å²) in [5.74, 6) is 7.52. The van der Waals surface area contributed by atoms with E-state index >= 15 is 0 Å². The van der Waals surface area contributed by atoms with Crippen LogP contribution in [-0.2, 0) is 9.53 Å². The summed E-state index contributed by atoms with van der Waals surface area (Å²) >= 11 is 0. The Kier molecular flexibility index (Phi) is 3.32. The van der Waals surface area contributed by atoms with Crippen LogP contribution in [-0.4, -0.2) is 29.2 Å². The topological polar surface area (TPSA) is 55.6 Å². The van der Waals surface area contributed by atoms with E-state index in [2.05, 4.69) is 0 Å². The molecule has 1 aliphatic heterocycles. The van der Waals surface area contributed by atoms with E-state index in [0.29, 0.717) is 12.2 Å². The highest BCUT2D eigenvalue weighted by Gasteiger charge is 2.28. The molecule has 2 N–H and O–H groups in total. The minimum Gasteiger partial charge on any atom is -0.366 e. The van der Waals surface area contributed by atoms with E-state index < -0.39 is 0 Å². The molecule has 0 bridgehead atoms. The maximum Gasteiger partial charge on any atom is 0.150 e. The van der Waals surface area contributed by atoms with Gasteiger partial charge in [-0.15, -0.1) is 0 Å². The summed E-state index contributed by atoms with van der Waals surface area (Å²) in [6.07, 6.45) is 1.59. The lowest BCUT2D eigenvalue weighted by atomic mass is 10.0. The first-order valence-corrected chi connectivity index (χ1v) is 4.89. The molecule has 4 nitrogen and oxygen atoms in total. The molecule has 0 aromatic carbocycles. The lowest BCUT2D eigenvalue weighted by Gasteiger charge is -2.35. The minimum atomic E-state index is -0.259. The normalized spacial score (nSPS) is 23.6. The van der Waals surface area contributed by atoms with Crippen LogP contribution in [0.3, 0.4) is 0 Å². The molecular weight excluding hydrogens is 180 g/mol. The second kappa shape index (κ2) is 4.13.